The number of amides is 1. The lowest BCUT2D eigenvalue weighted by Gasteiger charge is -2.10. The van der Waals surface area contributed by atoms with Crippen LogP contribution in [0.25, 0.3) is 0 Å². The van der Waals surface area contributed by atoms with Crippen LogP contribution >= 0.6 is 0 Å². The predicted octanol–water partition coefficient (Wildman–Crippen LogP) is 2.29. The molecular weight excluding hydrogens is 279 g/mol. The summed E-state index contributed by atoms with van der Waals surface area (Å²) in [5.74, 6) is 0.126. The molecule has 110 valence electrons. The molecule has 1 aliphatic carbocycles. The second kappa shape index (κ2) is 6.83. The van der Waals surface area contributed by atoms with Gasteiger partial charge in [0.05, 0.1) is 11.4 Å². The van der Waals surface area contributed by atoms with Crippen molar-refractivity contribution in [3.8, 4) is 0 Å². The number of carbonyl (C=O) groups excluding carboxylic acids is 1. The number of nitrogen functional groups attached to an aromatic ring is 1. The van der Waals surface area contributed by atoms with Crippen LogP contribution < -0.4 is 11.1 Å². The zero-order chi connectivity index (χ0) is 14.5. The van der Waals surface area contributed by atoms with Crippen LogP contribution in [0.3, 0.4) is 0 Å². The molecule has 0 heterocycles. The van der Waals surface area contributed by atoms with E-state index in [4.69, 9.17) is 5.73 Å². The van der Waals surface area contributed by atoms with Gasteiger partial charge in [0.25, 0.3) is 0 Å². The molecule has 20 heavy (non-hydrogen) atoms. The average molecular weight is 298 g/mol. The summed E-state index contributed by atoms with van der Waals surface area (Å²) in [5, 5.41) is 2.51. The Balaban J connectivity index is 1.85. The number of carbonyl (C=O) groups is 1. The second-order valence-electron chi connectivity index (χ2n) is 5.18. The molecule has 0 bridgehead atoms. The minimum atomic E-state index is -1.17. The molecule has 1 aromatic rings. The second-order valence-corrected chi connectivity index (χ2v) is 6.68. The Morgan fingerprint density at radius 1 is 1.40 bits per heavy atom. The van der Waals surface area contributed by atoms with E-state index in [1.807, 2.05) is 0 Å². The SMILES string of the molecule is Nc1ccc(F)cc1NC(=O)CS(=O)CC1CCCC1. The topological polar surface area (TPSA) is 72.2 Å². The zero-order valence-electron chi connectivity index (χ0n) is 11.2. The number of hydrogen-bond donors (Lipinski definition) is 2. The first-order valence-electron chi connectivity index (χ1n) is 6.74. The van der Waals surface area contributed by atoms with Crippen LogP contribution in [0.15, 0.2) is 18.2 Å². The van der Waals surface area contributed by atoms with Crippen LogP contribution in [-0.2, 0) is 15.6 Å². The van der Waals surface area contributed by atoms with Gasteiger partial charge in [-0.2, -0.15) is 0 Å². The van der Waals surface area contributed by atoms with E-state index >= 15 is 0 Å². The molecular formula is C14H19FN2O2S. The Bertz CT molecular complexity index is 516. The maximum absolute atomic E-state index is 13.1. The normalized spacial score (nSPS) is 17.1. The summed E-state index contributed by atoms with van der Waals surface area (Å²) in [4.78, 5) is 11.8. The number of halogens is 1. The van der Waals surface area contributed by atoms with Crippen molar-refractivity contribution in [2.75, 3.05) is 22.6 Å². The van der Waals surface area contributed by atoms with Gasteiger partial charge in [-0.1, -0.05) is 12.8 Å². The van der Waals surface area contributed by atoms with Gasteiger partial charge >= 0.3 is 0 Å². The fourth-order valence-corrected chi connectivity index (χ4v) is 3.81. The first kappa shape index (κ1) is 15.0. The van der Waals surface area contributed by atoms with Gasteiger partial charge in [0, 0.05) is 16.6 Å². The van der Waals surface area contributed by atoms with E-state index in [9.17, 15) is 13.4 Å². The Morgan fingerprint density at radius 2 is 2.10 bits per heavy atom. The molecule has 3 N–H and O–H groups in total. The van der Waals surface area contributed by atoms with Gasteiger partial charge < -0.3 is 11.1 Å². The van der Waals surface area contributed by atoms with Crippen molar-refractivity contribution in [1.29, 1.82) is 0 Å². The number of nitrogens with two attached hydrogens (primary N) is 1. The van der Waals surface area contributed by atoms with Crippen LogP contribution in [-0.4, -0.2) is 21.6 Å². The lowest BCUT2D eigenvalue weighted by atomic mass is 10.1. The Hall–Kier alpha value is -1.43. The van der Waals surface area contributed by atoms with Crippen molar-refractivity contribution in [1.82, 2.24) is 0 Å². The van der Waals surface area contributed by atoms with Crippen molar-refractivity contribution < 1.29 is 13.4 Å². The molecule has 0 saturated heterocycles. The quantitative estimate of drug-likeness (QED) is 0.819. The minimum Gasteiger partial charge on any atom is -0.397 e. The van der Waals surface area contributed by atoms with Gasteiger partial charge in [-0.3, -0.25) is 9.00 Å². The largest absolute Gasteiger partial charge is 0.397 e. The van der Waals surface area contributed by atoms with Crippen LogP contribution in [0.1, 0.15) is 25.7 Å². The molecule has 0 aromatic heterocycles. The van der Waals surface area contributed by atoms with Gasteiger partial charge in [-0.25, -0.2) is 4.39 Å². The summed E-state index contributed by atoms with van der Waals surface area (Å²) in [6, 6.07) is 3.77. The Morgan fingerprint density at radius 3 is 2.80 bits per heavy atom. The van der Waals surface area contributed by atoms with Gasteiger partial charge in [-0.15, -0.1) is 0 Å². The molecule has 1 amide bonds. The summed E-state index contributed by atoms with van der Waals surface area (Å²) in [6.07, 6.45) is 4.58. The number of nitrogens with one attached hydrogen (secondary N) is 1. The van der Waals surface area contributed by atoms with Crippen molar-refractivity contribution in [2.24, 2.45) is 5.92 Å². The fraction of sp³-hybridized carbons (Fsp3) is 0.500. The molecule has 0 spiro atoms. The number of rotatable bonds is 5. The summed E-state index contributed by atoms with van der Waals surface area (Å²) in [6.45, 7) is 0. The Kier molecular flexibility index (Phi) is 5.11. The molecule has 1 saturated carbocycles. The smallest absolute Gasteiger partial charge is 0.237 e. The third kappa shape index (κ3) is 4.30. The van der Waals surface area contributed by atoms with E-state index in [1.165, 1.54) is 25.0 Å². The van der Waals surface area contributed by atoms with E-state index < -0.39 is 22.5 Å². The monoisotopic (exact) mass is 298 g/mol. The highest BCUT2D eigenvalue weighted by Crippen LogP contribution is 2.25. The van der Waals surface area contributed by atoms with Crippen molar-refractivity contribution in [3.05, 3.63) is 24.0 Å². The standard InChI is InChI=1S/C14H19FN2O2S/c15-11-5-6-12(16)13(7-11)17-14(18)9-20(19)8-10-3-1-2-4-10/h5-7,10H,1-4,8-9,16H2,(H,17,18). The van der Waals surface area contributed by atoms with Gasteiger partial charge in [-0.05, 0) is 37.0 Å². The van der Waals surface area contributed by atoms with Crippen LogP contribution in [0, 0.1) is 11.7 Å². The molecule has 6 heteroatoms. The van der Waals surface area contributed by atoms with E-state index in [0.29, 0.717) is 17.4 Å². The molecule has 1 aliphatic rings. The average Bonchev–Trinajstić information content (AvgIpc) is 2.86. The van der Waals surface area contributed by atoms with Crippen LogP contribution in [0.4, 0.5) is 15.8 Å². The summed E-state index contributed by atoms with van der Waals surface area (Å²) in [7, 11) is -1.17. The first-order chi connectivity index (χ1) is 9.54. The molecule has 0 radical (unpaired) electrons. The van der Waals surface area contributed by atoms with Crippen molar-refractivity contribution in [2.45, 2.75) is 25.7 Å². The predicted molar refractivity (Wildman–Crippen MR) is 79.3 cm³/mol. The van der Waals surface area contributed by atoms with Crippen LogP contribution in [0.5, 0.6) is 0 Å². The summed E-state index contributed by atoms with van der Waals surface area (Å²) in [5.41, 5.74) is 6.17. The molecule has 2 rings (SSSR count). The summed E-state index contributed by atoms with van der Waals surface area (Å²) >= 11 is 0. The highest BCUT2D eigenvalue weighted by Gasteiger charge is 2.19. The van der Waals surface area contributed by atoms with E-state index in [1.54, 1.807) is 0 Å². The van der Waals surface area contributed by atoms with Crippen molar-refractivity contribution >= 4 is 28.1 Å². The lowest BCUT2D eigenvalue weighted by Crippen LogP contribution is -2.23. The third-order valence-corrected chi connectivity index (χ3v) is 4.91. The first-order valence-corrected chi connectivity index (χ1v) is 8.23. The molecule has 1 fully saturated rings. The summed E-state index contributed by atoms with van der Waals surface area (Å²) < 4.78 is 25.0. The molecule has 1 aromatic carbocycles. The Labute approximate surface area is 120 Å². The fourth-order valence-electron chi connectivity index (χ4n) is 2.47. The van der Waals surface area contributed by atoms with Crippen LogP contribution in [0.2, 0.25) is 0 Å². The molecule has 0 aliphatic heterocycles. The maximum atomic E-state index is 13.1. The van der Waals surface area contributed by atoms with E-state index in [-0.39, 0.29) is 11.4 Å². The maximum Gasteiger partial charge on any atom is 0.237 e. The number of benzene rings is 1. The van der Waals surface area contributed by atoms with E-state index in [0.717, 1.165) is 18.9 Å². The highest BCUT2D eigenvalue weighted by molar-refractivity contribution is 7.85. The number of hydrogen-bond acceptors (Lipinski definition) is 3. The van der Waals surface area contributed by atoms with Gasteiger partial charge in [0.1, 0.15) is 11.6 Å². The molecule has 1 atom stereocenters. The lowest BCUT2D eigenvalue weighted by molar-refractivity contribution is -0.113. The highest BCUT2D eigenvalue weighted by atomic mass is 32.2. The van der Waals surface area contributed by atoms with Gasteiger partial charge in [0.15, 0.2) is 0 Å². The molecule has 4 nitrogen and oxygen atoms in total. The third-order valence-electron chi connectivity index (χ3n) is 3.48. The minimum absolute atomic E-state index is 0.0630. The molecule has 1 unspecified atom stereocenters. The number of anilines is 2. The zero-order valence-corrected chi connectivity index (χ0v) is 12.0. The van der Waals surface area contributed by atoms with Crippen molar-refractivity contribution in [3.63, 3.8) is 0 Å². The van der Waals surface area contributed by atoms with Gasteiger partial charge in [0.2, 0.25) is 5.91 Å². The van der Waals surface area contributed by atoms with E-state index in [2.05, 4.69) is 5.32 Å².